The molecule has 1 saturated heterocycles. The average Bonchev–Trinajstić information content (AvgIpc) is 3.14. The van der Waals surface area contributed by atoms with Gasteiger partial charge in [0.05, 0.1) is 19.3 Å². The van der Waals surface area contributed by atoms with Crippen LogP contribution in [0.1, 0.15) is 17.8 Å². The van der Waals surface area contributed by atoms with Crippen LogP contribution >= 0.6 is 11.3 Å². The summed E-state index contributed by atoms with van der Waals surface area (Å²) in [6, 6.07) is 3.14. The van der Waals surface area contributed by atoms with E-state index in [9.17, 15) is 4.39 Å². The highest BCUT2D eigenvalue weighted by Crippen LogP contribution is 2.33. The van der Waals surface area contributed by atoms with Gasteiger partial charge in [0.1, 0.15) is 11.1 Å². The van der Waals surface area contributed by atoms with Gasteiger partial charge < -0.3 is 9.47 Å². The Balaban J connectivity index is 1.55. The second kappa shape index (κ2) is 6.51. The molecule has 2 bridgehead atoms. The molecule has 1 saturated carbocycles. The molecule has 2 aliphatic rings. The van der Waals surface area contributed by atoms with E-state index in [1.165, 1.54) is 6.07 Å². The number of fused-ring (bicyclic) bond motifs is 2. The van der Waals surface area contributed by atoms with Gasteiger partial charge in [-0.2, -0.15) is 0 Å². The average molecular weight is 335 g/mol. The van der Waals surface area contributed by atoms with Crippen LogP contribution in [0.3, 0.4) is 0 Å². The van der Waals surface area contributed by atoms with Crippen molar-refractivity contribution >= 4 is 11.3 Å². The zero-order valence-corrected chi connectivity index (χ0v) is 13.4. The summed E-state index contributed by atoms with van der Waals surface area (Å²) >= 11 is 1.65. The van der Waals surface area contributed by atoms with Crippen molar-refractivity contribution in [2.45, 2.75) is 37.6 Å². The summed E-state index contributed by atoms with van der Waals surface area (Å²) in [4.78, 5) is 10.7. The number of ether oxygens (including phenoxy) is 2. The van der Waals surface area contributed by atoms with E-state index in [0.29, 0.717) is 6.61 Å². The molecule has 0 spiro atoms. The molecule has 0 aromatic carbocycles. The van der Waals surface area contributed by atoms with Crippen molar-refractivity contribution in [3.05, 3.63) is 40.7 Å². The van der Waals surface area contributed by atoms with Crippen LogP contribution in [-0.4, -0.2) is 46.3 Å². The van der Waals surface area contributed by atoms with Gasteiger partial charge in [-0.05, 0) is 25.0 Å². The molecule has 0 amide bonds. The summed E-state index contributed by atoms with van der Waals surface area (Å²) < 4.78 is 25.7. The van der Waals surface area contributed by atoms with Gasteiger partial charge in [-0.15, -0.1) is 11.3 Å². The van der Waals surface area contributed by atoms with Crippen molar-refractivity contribution < 1.29 is 13.9 Å². The summed E-state index contributed by atoms with van der Waals surface area (Å²) in [6.45, 7) is 2.28. The zero-order valence-electron chi connectivity index (χ0n) is 12.6. The van der Waals surface area contributed by atoms with E-state index >= 15 is 0 Å². The fourth-order valence-electron chi connectivity index (χ4n) is 3.41. The second-order valence-corrected chi connectivity index (χ2v) is 6.80. The highest BCUT2D eigenvalue weighted by molar-refractivity contribution is 7.09. The maximum absolute atomic E-state index is 13.9. The number of thiazole rings is 1. The monoisotopic (exact) mass is 335 g/mol. The molecular formula is C16H18FN3O2S. The maximum atomic E-state index is 13.9. The Kier molecular flexibility index (Phi) is 4.24. The number of hydrogen-bond donors (Lipinski definition) is 0. The lowest BCUT2D eigenvalue weighted by Gasteiger charge is -2.30. The number of halogens is 1. The predicted molar refractivity (Wildman–Crippen MR) is 83.9 cm³/mol. The van der Waals surface area contributed by atoms with Crippen LogP contribution in [0, 0.1) is 5.82 Å². The summed E-state index contributed by atoms with van der Waals surface area (Å²) in [7, 11) is 0. The molecular weight excluding hydrogens is 317 g/mol. The minimum absolute atomic E-state index is 0.00250. The van der Waals surface area contributed by atoms with Gasteiger partial charge in [0.25, 0.3) is 5.88 Å². The number of rotatable bonds is 4. The molecule has 2 fully saturated rings. The number of nitrogens with zero attached hydrogens (tertiary/aromatic N) is 3. The Bertz CT molecular complexity index is 655. The molecule has 3 atom stereocenters. The van der Waals surface area contributed by atoms with Crippen LogP contribution in [0.4, 0.5) is 4.39 Å². The third kappa shape index (κ3) is 3.08. The van der Waals surface area contributed by atoms with Crippen LogP contribution in [-0.2, 0) is 11.3 Å². The lowest BCUT2D eigenvalue weighted by atomic mass is 10.1. The van der Waals surface area contributed by atoms with E-state index in [0.717, 1.165) is 30.9 Å². The Hall–Kier alpha value is -1.57. The molecule has 1 aliphatic carbocycles. The Morgan fingerprint density at radius 3 is 3.13 bits per heavy atom. The van der Waals surface area contributed by atoms with Gasteiger partial charge in [-0.1, -0.05) is 0 Å². The van der Waals surface area contributed by atoms with Crippen molar-refractivity contribution in [1.29, 1.82) is 0 Å². The minimum Gasteiger partial charge on any atom is -0.468 e. The van der Waals surface area contributed by atoms with Crippen molar-refractivity contribution in [2.75, 3.05) is 13.2 Å². The first-order chi connectivity index (χ1) is 11.3. The molecule has 1 aliphatic heterocycles. The standard InChI is InChI=1S/C16H18FN3O2S/c17-11-2-1-5-19-16(11)22-15-12-3-4-13(15)21-8-7-20(12)10-14-18-6-9-23-14/h1-2,5-6,9,12-13,15H,3-4,7-8,10H2/t12-,13-,15+/m1/s1. The van der Waals surface area contributed by atoms with Crippen LogP contribution < -0.4 is 4.74 Å². The van der Waals surface area contributed by atoms with E-state index in [4.69, 9.17) is 9.47 Å². The Morgan fingerprint density at radius 1 is 1.35 bits per heavy atom. The van der Waals surface area contributed by atoms with Crippen LogP contribution in [0.5, 0.6) is 5.88 Å². The first-order valence-corrected chi connectivity index (χ1v) is 8.70. The van der Waals surface area contributed by atoms with Crippen molar-refractivity contribution in [2.24, 2.45) is 0 Å². The SMILES string of the molecule is Fc1cccnc1O[C@H]1[C@H]2CC[C@H]1OCCN2Cc1nccs1. The molecule has 2 aromatic rings. The van der Waals surface area contributed by atoms with Crippen LogP contribution in [0.2, 0.25) is 0 Å². The Morgan fingerprint density at radius 2 is 2.30 bits per heavy atom. The van der Waals surface area contributed by atoms with Crippen molar-refractivity contribution in [1.82, 2.24) is 14.9 Å². The molecule has 0 radical (unpaired) electrons. The topological polar surface area (TPSA) is 47.5 Å². The smallest absolute Gasteiger partial charge is 0.250 e. The maximum Gasteiger partial charge on any atom is 0.250 e. The molecule has 2 aromatic heterocycles. The molecule has 5 nitrogen and oxygen atoms in total. The van der Waals surface area contributed by atoms with Gasteiger partial charge in [-0.25, -0.2) is 14.4 Å². The molecule has 7 heteroatoms. The highest BCUT2D eigenvalue weighted by atomic mass is 32.1. The van der Waals surface area contributed by atoms with E-state index in [1.807, 2.05) is 11.6 Å². The molecule has 23 heavy (non-hydrogen) atoms. The summed E-state index contributed by atoms with van der Waals surface area (Å²) in [5.74, 6) is -0.364. The molecule has 122 valence electrons. The van der Waals surface area contributed by atoms with Crippen LogP contribution in [0.25, 0.3) is 0 Å². The second-order valence-electron chi connectivity index (χ2n) is 5.82. The van der Waals surface area contributed by atoms with Gasteiger partial charge in [0.2, 0.25) is 0 Å². The van der Waals surface area contributed by atoms with Gasteiger partial charge in [-0.3, -0.25) is 4.90 Å². The summed E-state index contributed by atoms with van der Waals surface area (Å²) in [6.07, 6.45) is 5.09. The lowest BCUT2D eigenvalue weighted by Crippen LogP contribution is -2.44. The first kappa shape index (κ1) is 15.0. The fraction of sp³-hybridized carbons (Fsp3) is 0.500. The van der Waals surface area contributed by atoms with Crippen LogP contribution in [0.15, 0.2) is 29.9 Å². The number of hydrogen-bond acceptors (Lipinski definition) is 6. The third-order valence-electron chi connectivity index (χ3n) is 4.47. The molecule has 0 unspecified atom stereocenters. The van der Waals surface area contributed by atoms with Gasteiger partial charge in [0, 0.05) is 30.4 Å². The van der Waals surface area contributed by atoms with Gasteiger partial charge in [0.15, 0.2) is 5.82 Å². The van der Waals surface area contributed by atoms with Crippen molar-refractivity contribution in [3.8, 4) is 5.88 Å². The quantitative estimate of drug-likeness (QED) is 0.859. The lowest BCUT2D eigenvalue weighted by molar-refractivity contribution is 0.000138. The minimum atomic E-state index is -0.428. The van der Waals surface area contributed by atoms with E-state index < -0.39 is 5.82 Å². The third-order valence-corrected chi connectivity index (χ3v) is 5.23. The summed E-state index contributed by atoms with van der Waals surface area (Å²) in [5, 5.41) is 3.07. The number of pyridine rings is 1. The normalized spacial score (nSPS) is 27.8. The predicted octanol–water partition coefficient (Wildman–Crippen LogP) is 2.49. The van der Waals surface area contributed by atoms with Gasteiger partial charge >= 0.3 is 0 Å². The molecule has 3 heterocycles. The fourth-order valence-corrected chi connectivity index (χ4v) is 4.05. The first-order valence-electron chi connectivity index (χ1n) is 7.82. The van der Waals surface area contributed by atoms with E-state index in [2.05, 4.69) is 14.9 Å². The van der Waals surface area contributed by atoms with E-state index in [1.54, 1.807) is 23.6 Å². The Labute approximate surface area is 138 Å². The van der Waals surface area contributed by atoms with Crippen molar-refractivity contribution in [3.63, 3.8) is 0 Å². The number of aromatic nitrogens is 2. The summed E-state index contributed by atoms with van der Waals surface area (Å²) in [5.41, 5.74) is 0. The molecule has 0 N–H and O–H groups in total. The zero-order chi connectivity index (χ0) is 15.6. The molecule has 4 rings (SSSR count). The van der Waals surface area contributed by atoms with E-state index in [-0.39, 0.29) is 24.1 Å². The highest BCUT2D eigenvalue weighted by Gasteiger charge is 2.44. The largest absolute Gasteiger partial charge is 0.468 e.